The number of sulfonamides is 1. The molecule has 3 rings (SSSR count). The smallest absolute Gasteiger partial charge is 0.240 e. The average molecular weight is 475 g/mol. The number of nitrogens with zero attached hydrogens (tertiary/aromatic N) is 1. The van der Waals surface area contributed by atoms with Gasteiger partial charge in [0.15, 0.2) is 9.84 Å². The Balaban J connectivity index is 1.98. The monoisotopic (exact) mass is 474 g/mol. The number of rotatable bonds is 8. The lowest BCUT2D eigenvalue weighted by Crippen LogP contribution is -2.32. The normalized spacial score (nSPS) is 13.0. The molecule has 1 aromatic heterocycles. The van der Waals surface area contributed by atoms with Crippen molar-refractivity contribution in [1.82, 2.24) is 9.71 Å². The largest absolute Gasteiger partial charge is 0.496 e. The molecule has 7 nitrogen and oxygen atoms in total. The molecule has 0 fully saturated rings. The number of sulfone groups is 1. The molecular weight excluding hydrogens is 448 g/mol. The van der Waals surface area contributed by atoms with E-state index in [4.69, 9.17) is 4.74 Å². The highest BCUT2D eigenvalue weighted by Gasteiger charge is 2.31. The van der Waals surface area contributed by atoms with E-state index in [2.05, 4.69) is 9.71 Å². The van der Waals surface area contributed by atoms with Crippen molar-refractivity contribution in [2.24, 2.45) is 0 Å². The van der Waals surface area contributed by atoms with Crippen LogP contribution in [0.5, 0.6) is 5.75 Å². The fourth-order valence-corrected chi connectivity index (χ4v) is 6.51. The van der Waals surface area contributed by atoms with Gasteiger partial charge < -0.3 is 4.74 Å². The highest BCUT2D eigenvalue weighted by molar-refractivity contribution is 7.92. The minimum absolute atomic E-state index is 0.0773. The predicted octanol–water partition coefficient (Wildman–Crippen LogP) is 3.51. The maximum absolute atomic E-state index is 13.4. The predicted molar refractivity (Wildman–Crippen MR) is 123 cm³/mol. The molecule has 170 valence electrons. The van der Waals surface area contributed by atoms with Gasteiger partial charge in [0.2, 0.25) is 10.0 Å². The SMILES string of the molecule is COc1cc(C)c(S(=O)(=O)NC[C@H](c2cccnc2)S(=O)(=O)c2ccc(C)cc2)cc1C. The fourth-order valence-electron chi connectivity index (χ4n) is 3.40. The van der Waals surface area contributed by atoms with Gasteiger partial charge in [-0.2, -0.15) is 0 Å². The number of ether oxygens (including phenoxy) is 1. The van der Waals surface area contributed by atoms with Gasteiger partial charge >= 0.3 is 0 Å². The lowest BCUT2D eigenvalue weighted by Gasteiger charge is -2.20. The van der Waals surface area contributed by atoms with E-state index in [-0.39, 0.29) is 16.3 Å². The summed E-state index contributed by atoms with van der Waals surface area (Å²) in [6, 6.07) is 12.9. The molecule has 0 bridgehead atoms. The lowest BCUT2D eigenvalue weighted by molar-refractivity contribution is 0.411. The maximum atomic E-state index is 13.4. The highest BCUT2D eigenvalue weighted by Crippen LogP contribution is 2.30. The third-order valence-electron chi connectivity index (χ3n) is 5.22. The van der Waals surface area contributed by atoms with Crippen molar-refractivity contribution < 1.29 is 21.6 Å². The summed E-state index contributed by atoms with van der Waals surface area (Å²) in [6.07, 6.45) is 2.97. The number of benzene rings is 2. The molecule has 0 radical (unpaired) electrons. The standard InChI is InChI=1S/C23H26N2O5S2/c1-16-7-9-20(10-8-16)31(26,27)23(19-6-5-11-24-14-19)15-25-32(28,29)22-13-17(2)21(30-4)12-18(22)3/h5-14,23,25H,15H2,1-4H3/t23-/m1/s1. The molecule has 0 saturated carbocycles. The molecule has 32 heavy (non-hydrogen) atoms. The first-order valence-corrected chi connectivity index (χ1v) is 12.9. The van der Waals surface area contributed by atoms with Crippen LogP contribution in [0.2, 0.25) is 0 Å². The Labute approximate surface area is 189 Å². The molecule has 0 aliphatic rings. The van der Waals surface area contributed by atoms with Gasteiger partial charge in [-0.15, -0.1) is 0 Å². The molecule has 2 aromatic carbocycles. The fraction of sp³-hybridized carbons (Fsp3) is 0.261. The maximum Gasteiger partial charge on any atom is 0.240 e. The van der Waals surface area contributed by atoms with Crippen LogP contribution in [-0.4, -0.2) is 35.5 Å². The Morgan fingerprint density at radius 3 is 2.25 bits per heavy atom. The second kappa shape index (κ2) is 9.40. The van der Waals surface area contributed by atoms with Crippen LogP contribution in [0, 0.1) is 20.8 Å². The Kier molecular flexibility index (Phi) is 7.02. The molecule has 1 N–H and O–H groups in total. The summed E-state index contributed by atoms with van der Waals surface area (Å²) in [5, 5.41) is -1.15. The Bertz CT molecular complexity index is 1300. The molecule has 1 atom stereocenters. The zero-order chi connectivity index (χ0) is 23.5. The minimum atomic E-state index is -3.98. The first-order chi connectivity index (χ1) is 15.1. The van der Waals surface area contributed by atoms with E-state index in [9.17, 15) is 16.8 Å². The van der Waals surface area contributed by atoms with Crippen molar-refractivity contribution in [2.45, 2.75) is 35.8 Å². The summed E-state index contributed by atoms with van der Waals surface area (Å²) in [4.78, 5) is 4.21. The van der Waals surface area contributed by atoms with Crippen molar-refractivity contribution in [3.05, 3.63) is 83.2 Å². The number of hydrogen-bond donors (Lipinski definition) is 1. The van der Waals surface area contributed by atoms with Crippen molar-refractivity contribution in [1.29, 1.82) is 0 Å². The molecule has 0 spiro atoms. The van der Waals surface area contributed by atoms with E-state index >= 15 is 0 Å². The van der Waals surface area contributed by atoms with Gasteiger partial charge in [-0.1, -0.05) is 23.8 Å². The summed E-state index contributed by atoms with van der Waals surface area (Å²) < 4.78 is 60.8. The number of aryl methyl sites for hydroxylation is 3. The molecular formula is C23H26N2O5S2. The molecule has 3 aromatic rings. The van der Waals surface area contributed by atoms with Crippen LogP contribution in [-0.2, 0) is 19.9 Å². The van der Waals surface area contributed by atoms with E-state index in [0.717, 1.165) is 5.56 Å². The summed E-state index contributed by atoms with van der Waals surface area (Å²) in [7, 11) is -6.36. The third-order valence-corrected chi connectivity index (χ3v) is 8.90. The topological polar surface area (TPSA) is 102 Å². The van der Waals surface area contributed by atoms with Crippen LogP contribution in [0.4, 0.5) is 0 Å². The third kappa shape index (κ3) is 5.01. The lowest BCUT2D eigenvalue weighted by atomic mass is 10.1. The van der Waals surface area contributed by atoms with Gasteiger partial charge in [0, 0.05) is 18.9 Å². The molecule has 1 heterocycles. The minimum Gasteiger partial charge on any atom is -0.496 e. The second-order valence-corrected chi connectivity index (χ2v) is 11.4. The van der Waals surface area contributed by atoms with Gasteiger partial charge in [0.1, 0.15) is 11.0 Å². The number of hydrogen-bond acceptors (Lipinski definition) is 6. The molecule has 9 heteroatoms. The zero-order valence-corrected chi connectivity index (χ0v) is 20.0. The summed E-state index contributed by atoms with van der Waals surface area (Å²) in [6.45, 7) is 4.94. The Hall–Kier alpha value is -2.75. The van der Waals surface area contributed by atoms with E-state index in [1.165, 1.54) is 37.7 Å². The van der Waals surface area contributed by atoms with Gasteiger partial charge in [0.25, 0.3) is 0 Å². The van der Waals surface area contributed by atoms with Gasteiger partial charge in [-0.3, -0.25) is 4.98 Å². The Morgan fingerprint density at radius 2 is 1.66 bits per heavy atom. The quantitative estimate of drug-likeness (QED) is 0.536. The van der Waals surface area contributed by atoms with Crippen LogP contribution in [0.1, 0.15) is 27.5 Å². The first kappa shape index (κ1) is 23.9. The van der Waals surface area contributed by atoms with Gasteiger partial charge in [0.05, 0.1) is 16.9 Å². The van der Waals surface area contributed by atoms with Crippen LogP contribution in [0.3, 0.4) is 0 Å². The molecule has 0 amide bonds. The first-order valence-electron chi connectivity index (χ1n) is 9.91. The van der Waals surface area contributed by atoms with E-state index in [1.807, 2.05) is 6.92 Å². The Morgan fingerprint density at radius 1 is 0.969 bits per heavy atom. The van der Waals surface area contributed by atoms with Crippen LogP contribution < -0.4 is 9.46 Å². The van der Waals surface area contributed by atoms with Crippen molar-refractivity contribution >= 4 is 19.9 Å². The summed E-state index contributed by atoms with van der Waals surface area (Å²) >= 11 is 0. The van der Waals surface area contributed by atoms with Crippen LogP contribution >= 0.6 is 0 Å². The molecule has 0 saturated heterocycles. The molecule has 0 aliphatic carbocycles. The zero-order valence-electron chi connectivity index (χ0n) is 18.4. The summed E-state index contributed by atoms with van der Waals surface area (Å²) in [5.41, 5.74) is 2.49. The second-order valence-electron chi connectivity index (χ2n) is 7.57. The van der Waals surface area contributed by atoms with Crippen molar-refractivity contribution in [3.8, 4) is 5.75 Å². The van der Waals surface area contributed by atoms with Crippen LogP contribution in [0.15, 0.2) is 70.7 Å². The molecule has 0 aliphatic heterocycles. The highest BCUT2D eigenvalue weighted by atomic mass is 32.2. The molecule has 0 unspecified atom stereocenters. The van der Waals surface area contributed by atoms with Crippen molar-refractivity contribution in [3.63, 3.8) is 0 Å². The number of aromatic nitrogens is 1. The van der Waals surface area contributed by atoms with E-state index < -0.39 is 25.1 Å². The van der Waals surface area contributed by atoms with Crippen LogP contribution in [0.25, 0.3) is 0 Å². The van der Waals surface area contributed by atoms with Crippen molar-refractivity contribution in [2.75, 3.05) is 13.7 Å². The summed E-state index contributed by atoms with van der Waals surface area (Å²) in [5.74, 6) is 0.580. The van der Waals surface area contributed by atoms with Gasteiger partial charge in [-0.25, -0.2) is 21.6 Å². The number of nitrogens with one attached hydrogen (secondary N) is 1. The average Bonchev–Trinajstić information content (AvgIpc) is 2.76. The number of pyridine rings is 1. The number of methoxy groups -OCH3 is 1. The van der Waals surface area contributed by atoms with Gasteiger partial charge in [-0.05, 0) is 67.8 Å². The van der Waals surface area contributed by atoms with E-state index in [1.54, 1.807) is 44.2 Å². The van der Waals surface area contributed by atoms with E-state index in [0.29, 0.717) is 22.4 Å².